The number of para-hydroxylation sites is 1. The zero-order valence-electron chi connectivity index (χ0n) is 27.7. The second-order valence-corrected chi connectivity index (χ2v) is 13.7. The number of hydrogen-bond donors (Lipinski definition) is 2. The van der Waals surface area contributed by atoms with Gasteiger partial charge >= 0.3 is 0 Å². The Morgan fingerprint density at radius 2 is 1.62 bits per heavy atom. The highest BCUT2D eigenvalue weighted by Gasteiger charge is 2.37. The van der Waals surface area contributed by atoms with Crippen molar-refractivity contribution in [3.63, 3.8) is 0 Å². The number of carbonyl (C=O) groups excluding carboxylic acids is 2. The average Bonchev–Trinajstić information content (AvgIpc) is 3.52. The summed E-state index contributed by atoms with van der Waals surface area (Å²) in [5.74, 6) is 0. The van der Waals surface area contributed by atoms with Gasteiger partial charge in [-0.3, -0.25) is 9.59 Å². The molecule has 45 heavy (non-hydrogen) atoms. The van der Waals surface area contributed by atoms with Crippen molar-refractivity contribution in [3.05, 3.63) is 124 Å². The van der Waals surface area contributed by atoms with Crippen molar-refractivity contribution in [2.45, 2.75) is 60.8 Å². The summed E-state index contributed by atoms with van der Waals surface area (Å²) in [4.78, 5) is 25.8. The Balaban J connectivity index is 0.000000535. The molecule has 0 fully saturated rings. The van der Waals surface area contributed by atoms with Crippen LogP contribution >= 0.6 is 11.3 Å². The molecule has 3 N–H and O–H groups in total. The first kappa shape index (κ1) is 34.9. The number of nitrogens with two attached hydrogens (primary N) is 1. The Morgan fingerprint density at radius 1 is 0.956 bits per heavy atom. The summed E-state index contributed by atoms with van der Waals surface area (Å²) in [6, 6.07) is 19.1. The molecule has 1 heterocycles. The highest BCUT2D eigenvalue weighted by Crippen LogP contribution is 2.53. The number of fused-ring (bicyclic) bond motifs is 3. The number of rotatable bonds is 9. The zero-order chi connectivity index (χ0) is 33.5. The molecule has 0 radical (unpaired) electrons. The normalized spacial score (nSPS) is 14.3. The van der Waals surface area contributed by atoms with Crippen LogP contribution in [0.4, 0.5) is 11.4 Å². The smallest absolute Gasteiger partial charge is 0.151 e. The fourth-order valence-corrected chi connectivity index (χ4v) is 6.30. The van der Waals surface area contributed by atoms with E-state index in [0.717, 1.165) is 45.7 Å². The van der Waals surface area contributed by atoms with Crippen molar-refractivity contribution in [1.82, 2.24) is 0 Å². The number of nitrogens with one attached hydrogen (secondary N) is 1. The third-order valence-corrected chi connectivity index (χ3v) is 9.02. The molecule has 0 aliphatic heterocycles. The summed E-state index contributed by atoms with van der Waals surface area (Å²) >= 11 is 1.74. The molecule has 0 bridgehead atoms. The van der Waals surface area contributed by atoms with Crippen molar-refractivity contribution in [3.8, 4) is 10.4 Å². The van der Waals surface area contributed by atoms with Gasteiger partial charge in [-0.1, -0.05) is 71.5 Å². The molecule has 0 saturated heterocycles. The molecule has 0 amide bonds. The number of nitrogens with zero attached hydrogens (tertiary/aromatic N) is 1. The number of aldehydes is 2. The van der Waals surface area contributed by atoms with Gasteiger partial charge in [0, 0.05) is 55.1 Å². The summed E-state index contributed by atoms with van der Waals surface area (Å²) in [7, 11) is 0. The lowest BCUT2D eigenvalue weighted by atomic mass is 9.82. The van der Waals surface area contributed by atoms with Crippen LogP contribution in [0.15, 0.2) is 108 Å². The molecule has 0 spiro atoms. The molecular formula is C39H45N3O2S. The van der Waals surface area contributed by atoms with Crippen molar-refractivity contribution in [1.29, 1.82) is 5.41 Å². The van der Waals surface area contributed by atoms with Gasteiger partial charge in [0.2, 0.25) is 0 Å². The van der Waals surface area contributed by atoms with E-state index in [9.17, 15) is 9.59 Å². The minimum atomic E-state index is -0.221. The average molecular weight is 620 g/mol. The minimum Gasteiger partial charge on any atom is -0.404 e. The van der Waals surface area contributed by atoms with E-state index in [4.69, 9.17) is 11.1 Å². The maximum absolute atomic E-state index is 11.1. The van der Waals surface area contributed by atoms with Gasteiger partial charge < -0.3 is 16.0 Å². The third kappa shape index (κ3) is 7.95. The van der Waals surface area contributed by atoms with Crippen LogP contribution in [0.2, 0.25) is 0 Å². The van der Waals surface area contributed by atoms with E-state index in [-0.39, 0.29) is 10.8 Å². The summed E-state index contributed by atoms with van der Waals surface area (Å²) in [6.45, 7) is 20.6. The topological polar surface area (TPSA) is 87.2 Å². The van der Waals surface area contributed by atoms with Gasteiger partial charge in [-0.2, -0.15) is 0 Å². The van der Waals surface area contributed by atoms with Gasteiger partial charge in [0.15, 0.2) is 6.29 Å². The zero-order valence-corrected chi connectivity index (χ0v) is 28.5. The van der Waals surface area contributed by atoms with E-state index in [1.54, 1.807) is 11.3 Å². The van der Waals surface area contributed by atoms with Gasteiger partial charge in [0.1, 0.15) is 6.29 Å². The number of thiophene rings is 1. The Labute approximate surface area is 272 Å². The maximum atomic E-state index is 11.1. The molecule has 234 valence electrons. The van der Waals surface area contributed by atoms with Crippen LogP contribution in [0.3, 0.4) is 0 Å². The van der Waals surface area contributed by atoms with Crippen LogP contribution < -0.4 is 10.6 Å². The Hall–Kier alpha value is -4.55. The van der Waals surface area contributed by atoms with Gasteiger partial charge in [0.05, 0.1) is 0 Å². The molecule has 6 heteroatoms. The molecule has 1 aromatic heterocycles. The summed E-state index contributed by atoms with van der Waals surface area (Å²) in [5.41, 5.74) is 14.2. The fraction of sp³-hybridized carbons (Fsp3) is 0.256. The standard InChI is InChI=1S/C32H34N2OS.C7H11NO/c1-21(20-35)17-25-19-28-30(36-25)26-15-14-24(18-27(26)32(28,6)7)34(23-11-9-8-10-12-23)22(2)13-16-29(33)31(3,4)5;1-3-6(2)7(4-8)5-9/h8-20,33H,2H2,1,3-7H3;3-5H,8H2,1-2H3/b16-13-,21-17-,33-29?;6-3-,7-4-. The van der Waals surface area contributed by atoms with Crippen molar-refractivity contribution < 1.29 is 9.59 Å². The van der Waals surface area contributed by atoms with Gasteiger partial charge in [-0.25, -0.2) is 0 Å². The van der Waals surface area contributed by atoms with E-state index in [0.29, 0.717) is 11.3 Å². The fourth-order valence-electron chi connectivity index (χ4n) is 4.93. The molecule has 0 saturated carbocycles. The monoisotopic (exact) mass is 619 g/mol. The predicted octanol–water partition coefficient (Wildman–Crippen LogP) is 9.92. The van der Waals surface area contributed by atoms with Crippen molar-refractivity contribution in [2.75, 3.05) is 4.90 Å². The SMILES string of the molecule is C/C=C(C)\C(C=O)=C/N.C=C(/C=C\C(=N)C(C)(C)C)N(c1ccccc1)c1ccc2c(c1)C(C)(C)c1cc(/C=C(/C)C=O)sc1-2. The number of allylic oxidation sites excluding steroid dienone is 6. The highest BCUT2D eigenvalue weighted by atomic mass is 32.1. The van der Waals surface area contributed by atoms with Gasteiger partial charge in [-0.05, 0) is 97.2 Å². The molecular weight excluding hydrogens is 575 g/mol. The van der Waals surface area contributed by atoms with Gasteiger partial charge in [-0.15, -0.1) is 11.3 Å². The molecule has 0 atom stereocenters. The van der Waals surface area contributed by atoms with Crippen LogP contribution in [0.25, 0.3) is 16.5 Å². The number of benzene rings is 2. The highest BCUT2D eigenvalue weighted by molar-refractivity contribution is 7.16. The first-order valence-electron chi connectivity index (χ1n) is 14.9. The van der Waals surface area contributed by atoms with Crippen LogP contribution in [0.5, 0.6) is 0 Å². The number of carbonyl (C=O) groups is 2. The lowest BCUT2D eigenvalue weighted by Crippen LogP contribution is -2.19. The number of hydrogen-bond acceptors (Lipinski definition) is 6. The van der Waals surface area contributed by atoms with Crippen LogP contribution in [0, 0.1) is 10.8 Å². The maximum Gasteiger partial charge on any atom is 0.151 e. The molecule has 1 aliphatic carbocycles. The van der Waals surface area contributed by atoms with Crippen LogP contribution in [-0.2, 0) is 15.0 Å². The molecule has 3 aromatic rings. The first-order valence-corrected chi connectivity index (χ1v) is 15.8. The van der Waals surface area contributed by atoms with Gasteiger partial charge in [0.25, 0.3) is 0 Å². The lowest BCUT2D eigenvalue weighted by molar-refractivity contribution is -0.105. The summed E-state index contributed by atoms with van der Waals surface area (Å²) in [5, 5.41) is 8.40. The predicted molar refractivity (Wildman–Crippen MR) is 193 cm³/mol. The molecule has 4 rings (SSSR count). The molecule has 1 aliphatic rings. The molecule has 2 aromatic carbocycles. The van der Waals surface area contributed by atoms with E-state index in [2.05, 4.69) is 61.7 Å². The molecule has 0 unspecified atom stereocenters. The van der Waals surface area contributed by atoms with Crippen LogP contribution in [-0.4, -0.2) is 18.3 Å². The minimum absolute atomic E-state index is 0.160. The lowest BCUT2D eigenvalue weighted by Gasteiger charge is -2.28. The number of anilines is 2. The first-order chi connectivity index (χ1) is 21.2. The summed E-state index contributed by atoms with van der Waals surface area (Å²) < 4.78 is 0. The van der Waals surface area contributed by atoms with E-state index < -0.39 is 0 Å². The second kappa shape index (κ2) is 14.5. The Bertz CT molecular complexity index is 1710. The second-order valence-electron chi connectivity index (χ2n) is 12.6. The quantitative estimate of drug-likeness (QED) is 0.108. The van der Waals surface area contributed by atoms with Crippen LogP contribution in [0.1, 0.15) is 71.4 Å². The van der Waals surface area contributed by atoms with E-state index >= 15 is 0 Å². The Morgan fingerprint density at radius 3 is 2.16 bits per heavy atom. The third-order valence-electron chi connectivity index (χ3n) is 7.91. The Kier molecular flexibility index (Phi) is 11.2. The van der Waals surface area contributed by atoms with E-state index in [1.807, 2.05) is 84.0 Å². The molecule has 5 nitrogen and oxygen atoms in total. The van der Waals surface area contributed by atoms with E-state index in [1.165, 1.54) is 27.8 Å². The van der Waals surface area contributed by atoms with Crippen molar-refractivity contribution in [2.24, 2.45) is 11.1 Å². The van der Waals surface area contributed by atoms with Crippen molar-refractivity contribution >= 4 is 47.1 Å². The summed E-state index contributed by atoms with van der Waals surface area (Å²) in [6.07, 6.45) is 10.5. The largest absolute Gasteiger partial charge is 0.404 e.